The molecule has 0 radical (unpaired) electrons. The van der Waals surface area contributed by atoms with Crippen LogP contribution in [0.4, 0.5) is 5.69 Å². The summed E-state index contributed by atoms with van der Waals surface area (Å²) in [5, 5.41) is 3.11. The molecule has 0 bridgehead atoms. The van der Waals surface area contributed by atoms with Gasteiger partial charge >= 0.3 is 0 Å². The van der Waals surface area contributed by atoms with Crippen LogP contribution >= 0.6 is 0 Å². The van der Waals surface area contributed by atoms with Gasteiger partial charge in [0.2, 0.25) is 0 Å². The number of benzene rings is 1. The number of carbonyl (C=O) groups excluding carboxylic acids is 1. The van der Waals surface area contributed by atoms with Crippen LogP contribution in [0.3, 0.4) is 0 Å². The molecule has 1 aromatic carbocycles. The first-order chi connectivity index (χ1) is 9.06. The lowest BCUT2D eigenvalue weighted by Crippen LogP contribution is -2.35. The number of rotatable bonds is 4. The average molecular weight is 260 g/mol. The van der Waals surface area contributed by atoms with Gasteiger partial charge in [-0.1, -0.05) is 25.8 Å². The molecule has 3 nitrogen and oxygen atoms in total. The zero-order valence-electron chi connectivity index (χ0n) is 12.0. The van der Waals surface area contributed by atoms with Crippen molar-refractivity contribution < 1.29 is 4.79 Å². The summed E-state index contributed by atoms with van der Waals surface area (Å²) in [6, 6.07) is 5.49. The minimum absolute atomic E-state index is 0.00419. The molecular formula is C16H24N2O. The molecule has 19 heavy (non-hydrogen) atoms. The van der Waals surface area contributed by atoms with Gasteiger partial charge in [-0.15, -0.1) is 0 Å². The van der Waals surface area contributed by atoms with E-state index in [2.05, 4.69) is 12.2 Å². The molecule has 2 rings (SSSR count). The summed E-state index contributed by atoms with van der Waals surface area (Å²) in [4.78, 5) is 12.3. The second kappa shape index (κ2) is 5.64. The first kappa shape index (κ1) is 13.9. The Morgan fingerprint density at radius 2 is 2.05 bits per heavy atom. The maximum Gasteiger partial charge on any atom is 0.251 e. The summed E-state index contributed by atoms with van der Waals surface area (Å²) in [5.41, 5.74) is 8.39. The van der Waals surface area contributed by atoms with Gasteiger partial charge < -0.3 is 11.1 Å². The lowest BCUT2D eigenvalue weighted by atomic mass is 9.83. The summed E-state index contributed by atoms with van der Waals surface area (Å²) in [6.07, 6.45) is 6.20. The molecule has 0 unspecified atom stereocenters. The summed E-state index contributed by atoms with van der Waals surface area (Å²) in [6.45, 7) is 4.96. The van der Waals surface area contributed by atoms with Gasteiger partial charge in [0.25, 0.3) is 5.91 Å². The first-order valence-corrected chi connectivity index (χ1v) is 7.21. The second-order valence-electron chi connectivity index (χ2n) is 5.82. The van der Waals surface area contributed by atoms with Crippen molar-refractivity contribution in [2.24, 2.45) is 5.41 Å². The first-order valence-electron chi connectivity index (χ1n) is 7.21. The minimum Gasteiger partial charge on any atom is -0.399 e. The molecule has 3 heteroatoms. The lowest BCUT2D eigenvalue weighted by Gasteiger charge is -2.27. The van der Waals surface area contributed by atoms with Crippen LogP contribution < -0.4 is 11.1 Å². The largest absolute Gasteiger partial charge is 0.399 e. The van der Waals surface area contributed by atoms with Crippen molar-refractivity contribution in [2.75, 3.05) is 12.3 Å². The quantitative estimate of drug-likeness (QED) is 0.816. The molecule has 104 valence electrons. The fraction of sp³-hybridized carbons (Fsp3) is 0.562. The van der Waals surface area contributed by atoms with Crippen LogP contribution in [0.2, 0.25) is 0 Å². The van der Waals surface area contributed by atoms with Crippen LogP contribution in [0.1, 0.15) is 54.9 Å². The van der Waals surface area contributed by atoms with Gasteiger partial charge in [-0.25, -0.2) is 0 Å². The van der Waals surface area contributed by atoms with Crippen molar-refractivity contribution in [3.05, 3.63) is 29.3 Å². The number of aryl methyl sites for hydroxylation is 1. The molecule has 1 saturated carbocycles. The Morgan fingerprint density at radius 1 is 1.37 bits per heavy atom. The minimum atomic E-state index is 0.00419. The Morgan fingerprint density at radius 3 is 2.68 bits per heavy atom. The van der Waals surface area contributed by atoms with E-state index in [1.807, 2.05) is 19.1 Å². The number of amides is 1. The fourth-order valence-corrected chi connectivity index (χ4v) is 3.03. The van der Waals surface area contributed by atoms with Crippen LogP contribution in [0.25, 0.3) is 0 Å². The standard InChI is InChI=1S/C16H24N2O/c1-3-16(8-4-5-9-16)11-18-15(19)14-10-13(17)7-6-12(14)2/h6-7,10H,3-5,8-9,11,17H2,1-2H3,(H,18,19). The highest BCUT2D eigenvalue weighted by Gasteiger charge is 2.32. The van der Waals surface area contributed by atoms with Gasteiger partial charge in [0, 0.05) is 17.8 Å². The van der Waals surface area contributed by atoms with E-state index in [9.17, 15) is 4.79 Å². The Balaban J connectivity index is 2.03. The summed E-state index contributed by atoms with van der Waals surface area (Å²) in [5.74, 6) is 0.00419. The molecule has 1 aromatic rings. The van der Waals surface area contributed by atoms with Crippen molar-refractivity contribution in [3.8, 4) is 0 Å². The van der Waals surface area contributed by atoms with Gasteiger partial charge in [-0.2, -0.15) is 0 Å². The average Bonchev–Trinajstić information content (AvgIpc) is 2.88. The normalized spacial score (nSPS) is 17.4. The zero-order valence-corrected chi connectivity index (χ0v) is 12.0. The molecule has 1 aliphatic rings. The summed E-state index contributed by atoms with van der Waals surface area (Å²) >= 11 is 0. The molecular weight excluding hydrogens is 236 g/mol. The number of nitrogens with one attached hydrogen (secondary N) is 1. The molecule has 1 fully saturated rings. The van der Waals surface area contributed by atoms with E-state index in [4.69, 9.17) is 5.73 Å². The van der Waals surface area contributed by atoms with E-state index in [1.165, 1.54) is 25.7 Å². The molecule has 3 N–H and O–H groups in total. The summed E-state index contributed by atoms with van der Waals surface area (Å²) < 4.78 is 0. The highest BCUT2D eigenvalue weighted by molar-refractivity contribution is 5.96. The Kier molecular flexibility index (Phi) is 4.13. The lowest BCUT2D eigenvalue weighted by molar-refractivity contribution is 0.0928. The monoisotopic (exact) mass is 260 g/mol. The predicted molar refractivity (Wildman–Crippen MR) is 79.1 cm³/mol. The number of anilines is 1. The Hall–Kier alpha value is -1.51. The summed E-state index contributed by atoms with van der Waals surface area (Å²) in [7, 11) is 0. The SMILES string of the molecule is CCC1(CNC(=O)c2cc(N)ccc2C)CCCC1. The van der Waals surface area contributed by atoms with Crippen LogP contribution in [-0.2, 0) is 0 Å². The molecule has 0 aliphatic heterocycles. The van der Waals surface area contributed by atoms with E-state index in [1.54, 1.807) is 6.07 Å². The number of nitrogen functional groups attached to an aromatic ring is 1. The second-order valence-corrected chi connectivity index (χ2v) is 5.82. The van der Waals surface area contributed by atoms with Gasteiger partial charge in [-0.05, 0) is 49.3 Å². The van der Waals surface area contributed by atoms with Crippen molar-refractivity contribution in [3.63, 3.8) is 0 Å². The van der Waals surface area contributed by atoms with Crippen LogP contribution in [0.15, 0.2) is 18.2 Å². The topological polar surface area (TPSA) is 55.1 Å². The van der Waals surface area contributed by atoms with Crippen LogP contribution in [0, 0.1) is 12.3 Å². The van der Waals surface area contributed by atoms with Crippen LogP contribution in [-0.4, -0.2) is 12.5 Å². The Labute approximate surface area is 115 Å². The third-order valence-corrected chi connectivity index (χ3v) is 4.54. The van der Waals surface area contributed by atoms with Gasteiger partial charge in [0.15, 0.2) is 0 Å². The van der Waals surface area contributed by atoms with E-state index < -0.39 is 0 Å². The third-order valence-electron chi connectivity index (χ3n) is 4.54. The third kappa shape index (κ3) is 3.09. The molecule has 0 heterocycles. The maximum absolute atomic E-state index is 12.3. The van der Waals surface area contributed by atoms with E-state index in [0.29, 0.717) is 16.7 Å². The fourth-order valence-electron chi connectivity index (χ4n) is 3.03. The number of hydrogen-bond acceptors (Lipinski definition) is 2. The van der Waals surface area contributed by atoms with Crippen molar-refractivity contribution in [2.45, 2.75) is 46.0 Å². The zero-order chi connectivity index (χ0) is 13.9. The maximum atomic E-state index is 12.3. The molecule has 0 spiro atoms. The smallest absolute Gasteiger partial charge is 0.251 e. The van der Waals surface area contributed by atoms with E-state index in [0.717, 1.165) is 18.5 Å². The van der Waals surface area contributed by atoms with Gasteiger partial charge in [0.1, 0.15) is 0 Å². The highest BCUT2D eigenvalue weighted by Crippen LogP contribution is 2.40. The van der Waals surface area contributed by atoms with E-state index in [-0.39, 0.29) is 5.91 Å². The van der Waals surface area contributed by atoms with Crippen molar-refractivity contribution >= 4 is 11.6 Å². The predicted octanol–water partition coefficient (Wildman–Crippen LogP) is 3.28. The number of nitrogens with two attached hydrogens (primary N) is 1. The highest BCUT2D eigenvalue weighted by atomic mass is 16.1. The molecule has 1 amide bonds. The van der Waals surface area contributed by atoms with Crippen LogP contribution in [0.5, 0.6) is 0 Å². The molecule has 0 saturated heterocycles. The van der Waals surface area contributed by atoms with E-state index >= 15 is 0 Å². The molecule has 0 aromatic heterocycles. The number of hydrogen-bond donors (Lipinski definition) is 2. The Bertz CT molecular complexity index is 462. The van der Waals surface area contributed by atoms with Crippen molar-refractivity contribution in [1.82, 2.24) is 5.32 Å². The van der Waals surface area contributed by atoms with Crippen molar-refractivity contribution in [1.29, 1.82) is 0 Å². The molecule has 1 aliphatic carbocycles. The molecule has 0 atom stereocenters. The van der Waals surface area contributed by atoms with Gasteiger partial charge in [0.05, 0.1) is 0 Å². The van der Waals surface area contributed by atoms with Gasteiger partial charge in [-0.3, -0.25) is 4.79 Å². The number of carbonyl (C=O) groups is 1.